The first-order chi connectivity index (χ1) is 9.29. The van der Waals surface area contributed by atoms with Gasteiger partial charge >= 0.3 is 0 Å². The Labute approximate surface area is 130 Å². The third-order valence-electron chi connectivity index (χ3n) is 2.62. The molecule has 1 aromatic heterocycles. The van der Waals surface area contributed by atoms with Crippen molar-refractivity contribution in [1.29, 1.82) is 0 Å². The van der Waals surface area contributed by atoms with E-state index in [1.165, 1.54) is 0 Å². The van der Waals surface area contributed by atoms with Crippen molar-refractivity contribution in [3.63, 3.8) is 0 Å². The molecule has 0 saturated carbocycles. The molecule has 7 heteroatoms. The molecule has 0 saturated heterocycles. The molecule has 0 atom stereocenters. The largest absolute Gasteiger partial charge is 0.507 e. The Kier molecular flexibility index (Phi) is 4.10. The van der Waals surface area contributed by atoms with Gasteiger partial charge in [0.05, 0.1) is 6.21 Å². The number of nitrogens with one attached hydrogen (secondary N) is 1. The monoisotopic (exact) mass is 354 g/mol. The summed E-state index contributed by atoms with van der Waals surface area (Å²) in [4.78, 5) is 0. The van der Waals surface area contributed by atoms with Gasteiger partial charge in [0.25, 0.3) is 0 Å². The lowest BCUT2D eigenvalue weighted by Crippen LogP contribution is -2.17. The van der Waals surface area contributed by atoms with Crippen molar-refractivity contribution in [3.8, 4) is 5.75 Å². The molecular weight excluding hydrogens is 340 g/mol. The van der Waals surface area contributed by atoms with E-state index in [1.54, 1.807) is 29.1 Å². The van der Waals surface area contributed by atoms with Crippen LogP contribution in [0.3, 0.4) is 0 Å². The van der Waals surface area contributed by atoms with Crippen LogP contribution in [0.15, 0.2) is 27.8 Å². The van der Waals surface area contributed by atoms with Gasteiger partial charge < -0.3 is 5.11 Å². The van der Waals surface area contributed by atoms with Crippen LogP contribution in [0.4, 0.5) is 0 Å². The summed E-state index contributed by atoms with van der Waals surface area (Å²) >= 11 is 8.53. The van der Waals surface area contributed by atoms with Crippen molar-refractivity contribution in [1.82, 2.24) is 14.9 Å². The molecule has 106 valence electrons. The molecular formula is C13H15BrN4OS. The van der Waals surface area contributed by atoms with Crippen LogP contribution in [0.5, 0.6) is 5.75 Å². The Hall–Kier alpha value is -1.47. The topological polar surface area (TPSA) is 66.2 Å². The van der Waals surface area contributed by atoms with E-state index >= 15 is 0 Å². The van der Waals surface area contributed by atoms with Gasteiger partial charge in [0, 0.05) is 15.5 Å². The number of aromatic amines is 1. The Balaban J connectivity index is 2.45. The normalized spacial score (nSPS) is 12.2. The van der Waals surface area contributed by atoms with Crippen molar-refractivity contribution >= 4 is 34.4 Å². The molecule has 0 aliphatic heterocycles. The summed E-state index contributed by atoms with van der Waals surface area (Å²) in [6, 6.07) is 5.14. The third-order valence-corrected chi connectivity index (χ3v) is 3.38. The van der Waals surface area contributed by atoms with E-state index < -0.39 is 0 Å². The first-order valence-electron chi connectivity index (χ1n) is 6.00. The zero-order valence-corrected chi connectivity index (χ0v) is 13.8. The maximum Gasteiger partial charge on any atom is 0.216 e. The van der Waals surface area contributed by atoms with E-state index in [2.05, 4.69) is 31.2 Å². The van der Waals surface area contributed by atoms with Crippen LogP contribution in [0.1, 0.15) is 32.2 Å². The summed E-state index contributed by atoms with van der Waals surface area (Å²) in [7, 11) is 0. The number of nitrogens with zero attached hydrogens (tertiary/aromatic N) is 3. The predicted octanol–water partition coefficient (Wildman–Crippen LogP) is 3.59. The van der Waals surface area contributed by atoms with Crippen LogP contribution in [0, 0.1) is 4.77 Å². The van der Waals surface area contributed by atoms with Gasteiger partial charge in [-0.2, -0.15) is 14.9 Å². The van der Waals surface area contributed by atoms with Crippen molar-refractivity contribution in [3.05, 3.63) is 38.8 Å². The standard InChI is InChI=1S/C13H15BrN4OS/c1-13(2,3)11-16-17-12(20)18(11)15-7-8-6-9(14)4-5-10(8)19/h4-7,19H,1-3H3,(H,17,20)/b15-7+. The van der Waals surface area contributed by atoms with Gasteiger partial charge in [-0.3, -0.25) is 5.10 Å². The van der Waals surface area contributed by atoms with E-state index in [0.29, 0.717) is 10.3 Å². The molecule has 2 aromatic rings. The molecule has 2 rings (SSSR count). The second-order valence-corrected chi connectivity index (χ2v) is 6.66. The molecule has 0 bridgehead atoms. The average Bonchev–Trinajstić information content (AvgIpc) is 2.72. The summed E-state index contributed by atoms with van der Waals surface area (Å²) in [5.41, 5.74) is 0.409. The molecule has 20 heavy (non-hydrogen) atoms. The van der Waals surface area contributed by atoms with Crippen LogP contribution < -0.4 is 0 Å². The smallest absolute Gasteiger partial charge is 0.216 e. The molecule has 0 fully saturated rings. The first kappa shape index (κ1) is 14.9. The van der Waals surface area contributed by atoms with Crippen molar-refractivity contribution in [2.45, 2.75) is 26.2 Å². The lowest BCUT2D eigenvalue weighted by atomic mass is 9.96. The maximum atomic E-state index is 9.79. The zero-order chi connectivity index (χ0) is 14.9. The molecule has 1 aromatic carbocycles. The summed E-state index contributed by atoms with van der Waals surface area (Å²) in [5.74, 6) is 0.887. The minimum atomic E-state index is -0.190. The number of H-pyrrole nitrogens is 1. The fraction of sp³-hybridized carbons (Fsp3) is 0.308. The minimum Gasteiger partial charge on any atom is -0.507 e. The fourth-order valence-electron chi connectivity index (χ4n) is 1.63. The van der Waals surface area contributed by atoms with Gasteiger partial charge in [-0.25, -0.2) is 0 Å². The van der Waals surface area contributed by atoms with Crippen LogP contribution in [0.2, 0.25) is 0 Å². The van der Waals surface area contributed by atoms with Crippen molar-refractivity contribution in [2.24, 2.45) is 5.10 Å². The molecule has 0 unspecified atom stereocenters. The number of hydrogen-bond acceptors (Lipinski definition) is 4. The van der Waals surface area contributed by atoms with E-state index in [0.717, 1.165) is 10.3 Å². The van der Waals surface area contributed by atoms with Crippen molar-refractivity contribution in [2.75, 3.05) is 0 Å². The van der Waals surface area contributed by atoms with E-state index in [4.69, 9.17) is 12.2 Å². The highest BCUT2D eigenvalue weighted by Gasteiger charge is 2.21. The number of hydrogen-bond donors (Lipinski definition) is 2. The second-order valence-electron chi connectivity index (χ2n) is 5.36. The van der Waals surface area contributed by atoms with Crippen molar-refractivity contribution < 1.29 is 5.11 Å². The van der Waals surface area contributed by atoms with Crippen LogP contribution in [-0.2, 0) is 5.41 Å². The average molecular weight is 355 g/mol. The number of phenolic OH excluding ortho intramolecular Hbond substituents is 1. The van der Waals surface area contributed by atoms with Crippen LogP contribution in [-0.4, -0.2) is 26.2 Å². The number of aromatic hydroxyl groups is 1. The Morgan fingerprint density at radius 2 is 2.15 bits per heavy atom. The van der Waals surface area contributed by atoms with Crippen LogP contribution >= 0.6 is 28.1 Å². The van der Waals surface area contributed by atoms with Gasteiger partial charge in [0.1, 0.15) is 5.75 Å². The Bertz CT molecular complexity index is 712. The number of aromatic nitrogens is 3. The molecule has 0 aliphatic carbocycles. The highest BCUT2D eigenvalue weighted by molar-refractivity contribution is 9.10. The molecule has 0 amide bonds. The maximum absolute atomic E-state index is 9.79. The summed E-state index contributed by atoms with van der Waals surface area (Å²) < 4.78 is 2.85. The SMILES string of the molecule is CC(C)(C)c1n[nH]c(=S)n1/N=C/c1cc(Br)ccc1O. The molecule has 5 nitrogen and oxygen atoms in total. The minimum absolute atomic E-state index is 0.157. The zero-order valence-electron chi connectivity index (χ0n) is 11.4. The van der Waals surface area contributed by atoms with Crippen LogP contribution in [0.25, 0.3) is 0 Å². The van der Waals surface area contributed by atoms with E-state index in [1.807, 2.05) is 20.8 Å². The highest BCUT2D eigenvalue weighted by atomic mass is 79.9. The second kappa shape index (κ2) is 5.49. The fourth-order valence-corrected chi connectivity index (χ4v) is 2.19. The predicted molar refractivity (Wildman–Crippen MR) is 84.9 cm³/mol. The van der Waals surface area contributed by atoms with E-state index in [-0.39, 0.29) is 11.2 Å². The lowest BCUT2D eigenvalue weighted by Gasteiger charge is -2.15. The van der Waals surface area contributed by atoms with Gasteiger partial charge in [-0.1, -0.05) is 36.7 Å². The number of benzene rings is 1. The lowest BCUT2D eigenvalue weighted by molar-refractivity contribution is 0.474. The number of rotatable bonds is 2. The van der Waals surface area contributed by atoms with Gasteiger partial charge in [-0.15, -0.1) is 0 Å². The first-order valence-corrected chi connectivity index (χ1v) is 7.20. The Morgan fingerprint density at radius 1 is 1.45 bits per heavy atom. The number of phenols is 1. The van der Waals surface area contributed by atoms with E-state index in [9.17, 15) is 5.11 Å². The summed E-state index contributed by atoms with van der Waals surface area (Å²) in [6.45, 7) is 6.08. The number of halogens is 1. The molecule has 0 aliphatic rings. The van der Waals surface area contributed by atoms with Gasteiger partial charge in [0.2, 0.25) is 4.77 Å². The molecule has 0 spiro atoms. The van der Waals surface area contributed by atoms with Gasteiger partial charge in [-0.05, 0) is 30.4 Å². The quantitative estimate of drug-likeness (QED) is 0.639. The summed E-state index contributed by atoms with van der Waals surface area (Å²) in [6.07, 6.45) is 1.56. The highest BCUT2D eigenvalue weighted by Crippen LogP contribution is 2.22. The molecule has 2 N–H and O–H groups in total. The molecule has 0 radical (unpaired) electrons. The Morgan fingerprint density at radius 3 is 2.80 bits per heavy atom. The molecule has 1 heterocycles. The third kappa shape index (κ3) is 3.16. The van der Waals surface area contributed by atoms with Gasteiger partial charge in [0.15, 0.2) is 5.82 Å². The summed E-state index contributed by atoms with van der Waals surface area (Å²) in [5, 5.41) is 21.0.